The summed E-state index contributed by atoms with van der Waals surface area (Å²) in [5, 5.41) is 0. The minimum Gasteiger partial charge on any atom is -0.497 e. The Morgan fingerprint density at radius 3 is 2.66 bits per heavy atom. The van der Waals surface area contributed by atoms with Gasteiger partial charge < -0.3 is 19.3 Å². The largest absolute Gasteiger partial charge is 0.497 e. The number of anilines is 1. The van der Waals surface area contributed by atoms with Crippen molar-refractivity contribution in [1.82, 2.24) is 14.9 Å². The average molecular weight is 408 g/mol. The van der Waals surface area contributed by atoms with Crippen molar-refractivity contribution < 1.29 is 27.4 Å². The second-order valence-corrected chi connectivity index (χ2v) is 6.93. The molecule has 0 spiro atoms. The molecule has 0 aliphatic carbocycles. The standard InChI is InChI=1S/C19H19F3N4O3/c1-28-13-4-2-12(3-5-13)8-26-14-9-25(10-15(14)29-11-17(26)27)18-23-7-6-16(24-18)19(20,21)22/h2-7,14-15H,8-11H2,1H3/t14-,15+/m1/s1. The second-order valence-electron chi connectivity index (χ2n) is 6.93. The lowest BCUT2D eigenvalue weighted by atomic mass is 10.1. The lowest BCUT2D eigenvalue weighted by Gasteiger charge is -2.36. The van der Waals surface area contributed by atoms with Crippen LogP contribution in [-0.4, -0.2) is 59.7 Å². The number of nitrogens with zero attached hydrogens (tertiary/aromatic N) is 4. The predicted molar refractivity (Wildman–Crippen MR) is 96.3 cm³/mol. The molecule has 0 bridgehead atoms. The molecule has 2 fully saturated rings. The quantitative estimate of drug-likeness (QED) is 0.772. The Balaban J connectivity index is 1.53. The number of alkyl halides is 3. The van der Waals surface area contributed by atoms with Crippen molar-refractivity contribution in [3.63, 3.8) is 0 Å². The first kappa shape index (κ1) is 19.4. The molecule has 0 unspecified atom stereocenters. The number of morpholine rings is 1. The number of methoxy groups -OCH3 is 1. The van der Waals surface area contributed by atoms with Crippen molar-refractivity contribution in [2.24, 2.45) is 0 Å². The van der Waals surface area contributed by atoms with E-state index in [-0.39, 0.29) is 30.6 Å². The van der Waals surface area contributed by atoms with Crippen LogP contribution in [0.1, 0.15) is 11.3 Å². The molecule has 2 aromatic rings. The van der Waals surface area contributed by atoms with Crippen molar-refractivity contribution in [3.05, 3.63) is 47.8 Å². The highest BCUT2D eigenvalue weighted by atomic mass is 19.4. The van der Waals surface area contributed by atoms with Crippen LogP contribution in [0.5, 0.6) is 5.75 Å². The third-order valence-electron chi connectivity index (χ3n) is 5.11. The smallest absolute Gasteiger partial charge is 0.433 e. The normalized spacial score (nSPS) is 22.0. The number of hydrogen-bond acceptors (Lipinski definition) is 6. The van der Waals surface area contributed by atoms with E-state index in [0.29, 0.717) is 25.4 Å². The summed E-state index contributed by atoms with van der Waals surface area (Å²) in [6, 6.07) is 7.92. The van der Waals surface area contributed by atoms with Crippen LogP contribution in [0.4, 0.5) is 19.1 Å². The molecular weight excluding hydrogens is 389 g/mol. The molecule has 2 atom stereocenters. The van der Waals surface area contributed by atoms with Gasteiger partial charge in [0, 0.05) is 25.8 Å². The molecule has 7 nitrogen and oxygen atoms in total. The van der Waals surface area contributed by atoms with E-state index in [4.69, 9.17) is 9.47 Å². The van der Waals surface area contributed by atoms with Crippen molar-refractivity contribution in [2.45, 2.75) is 24.9 Å². The van der Waals surface area contributed by atoms with Gasteiger partial charge in [-0.1, -0.05) is 12.1 Å². The minimum absolute atomic E-state index is 0.0188. The van der Waals surface area contributed by atoms with Crippen LogP contribution in [0.3, 0.4) is 0 Å². The minimum atomic E-state index is -4.54. The summed E-state index contributed by atoms with van der Waals surface area (Å²) in [6.07, 6.45) is -3.77. The van der Waals surface area contributed by atoms with E-state index >= 15 is 0 Å². The number of fused-ring (bicyclic) bond motifs is 1. The first-order valence-corrected chi connectivity index (χ1v) is 9.04. The number of hydrogen-bond donors (Lipinski definition) is 0. The number of aromatic nitrogens is 2. The SMILES string of the molecule is COc1ccc(CN2C(=O)CO[C@H]3CN(c4nccc(C(F)(F)F)n4)C[C@H]32)cc1. The number of benzene rings is 1. The lowest BCUT2D eigenvalue weighted by Crippen LogP contribution is -2.53. The molecule has 0 saturated carbocycles. The summed E-state index contributed by atoms with van der Waals surface area (Å²) in [5.41, 5.74) is -0.0713. The maximum absolute atomic E-state index is 13.0. The van der Waals surface area contributed by atoms with Crippen LogP contribution in [0.15, 0.2) is 36.5 Å². The zero-order valence-corrected chi connectivity index (χ0v) is 15.6. The van der Waals surface area contributed by atoms with Gasteiger partial charge in [-0.15, -0.1) is 0 Å². The molecule has 29 heavy (non-hydrogen) atoms. The first-order chi connectivity index (χ1) is 13.8. The number of carbonyl (C=O) groups is 1. The van der Waals surface area contributed by atoms with E-state index in [0.717, 1.165) is 17.8 Å². The predicted octanol–water partition coefficient (Wildman–Crippen LogP) is 2.12. The van der Waals surface area contributed by atoms with Crippen LogP contribution >= 0.6 is 0 Å². The van der Waals surface area contributed by atoms with Gasteiger partial charge in [0.1, 0.15) is 18.1 Å². The third kappa shape index (κ3) is 3.98. The fourth-order valence-electron chi connectivity index (χ4n) is 3.62. The van der Waals surface area contributed by atoms with Gasteiger partial charge in [-0.25, -0.2) is 9.97 Å². The molecule has 2 aliphatic heterocycles. The molecule has 1 aromatic heterocycles. The van der Waals surface area contributed by atoms with E-state index in [1.54, 1.807) is 16.9 Å². The van der Waals surface area contributed by atoms with Gasteiger partial charge in [-0.05, 0) is 23.8 Å². The van der Waals surface area contributed by atoms with E-state index < -0.39 is 11.9 Å². The molecule has 10 heteroatoms. The molecule has 0 radical (unpaired) electrons. The maximum atomic E-state index is 13.0. The average Bonchev–Trinajstić information content (AvgIpc) is 3.15. The molecule has 0 N–H and O–H groups in total. The fourth-order valence-corrected chi connectivity index (χ4v) is 3.62. The van der Waals surface area contributed by atoms with Crippen LogP contribution < -0.4 is 9.64 Å². The molecule has 3 heterocycles. The molecule has 1 amide bonds. The Kier molecular flexibility index (Phi) is 5.03. The highest BCUT2D eigenvalue weighted by Gasteiger charge is 2.44. The van der Waals surface area contributed by atoms with Crippen molar-refractivity contribution in [1.29, 1.82) is 0 Å². The van der Waals surface area contributed by atoms with Crippen LogP contribution in [0, 0.1) is 0 Å². The molecule has 1 aromatic carbocycles. The van der Waals surface area contributed by atoms with Gasteiger partial charge >= 0.3 is 6.18 Å². The van der Waals surface area contributed by atoms with Gasteiger partial charge in [0.15, 0.2) is 0 Å². The Morgan fingerprint density at radius 2 is 1.97 bits per heavy atom. The number of carbonyl (C=O) groups excluding carboxylic acids is 1. The Morgan fingerprint density at radius 1 is 1.21 bits per heavy atom. The second kappa shape index (κ2) is 7.51. The van der Waals surface area contributed by atoms with Crippen LogP contribution in [-0.2, 0) is 22.3 Å². The monoisotopic (exact) mass is 408 g/mol. The van der Waals surface area contributed by atoms with Gasteiger partial charge in [-0.2, -0.15) is 13.2 Å². The number of halogens is 3. The summed E-state index contributed by atoms with van der Waals surface area (Å²) in [5.74, 6) is 0.539. The Hall–Kier alpha value is -2.88. The summed E-state index contributed by atoms with van der Waals surface area (Å²) in [4.78, 5) is 23.4. The molecular formula is C19H19F3N4O3. The molecule has 4 rings (SSSR count). The highest BCUT2D eigenvalue weighted by molar-refractivity contribution is 5.79. The number of ether oxygens (including phenoxy) is 2. The van der Waals surface area contributed by atoms with E-state index in [2.05, 4.69) is 9.97 Å². The maximum Gasteiger partial charge on any atom is 0.433 e. The third-order valence-corrected chi connectivity index (χ3v) is 5.11. The van der Waals surface area contributed by atoms with Crippen LogP contribution in [0.2, 0.25) is 0 Å². The molecule has 2 saturated heterocycles. The Labute approximate surface area is 165 Å². The fraction of sp³-hybridized carbons (Fsp3) is 0.421. The topological polar surface area (TPSA) is 67.8 Å². The van der Waals surface area contributed by atoms with E-state index in [1.807, 2.05) is 24.3 Å². The zero-order valence-electron chi connectivity index (χ0n) is 15.6. The van der Waals surface area contributed by atoms with Gasteiger partial charge in [-0.3, -0.25) is 4.79 Å². The van der Waals surface area contributed by atoms with Crippen molar-refractivity contribution in [3.8, 4) is 5.75 Å². The lowest BCUT2D eigenvalue weighted by molar-refractivity contribution is -0.153. The highest BCUT2D eigenvalue weighted by Crippen LogP contribution is 2.31. The summed E-state index contributed by atoms with van der Waals surface area (Å²) >= 11 is 0. The molecule has 2 aliphatic rings. The first-order valence-electron chi connectivity index (χ1n) is 9.04. The van der Waals surface area contributed by atoms with E-state index in [9.17, 15) is 18.0 Å². The zero-order chi connectivity index (χ0) is 20.6. The van der Waals surface area contributed by atoms with Crippen molar-refractivity contribution in [2.75, 3.05) is 31.7 Å². The van der Waals surface area contributed by atoms with Gasteiger partial charge in [0.25, 0.3) is 0 Å². The summed E-state index contributed by atoms with van der Waals surface area (Å²) < 4.78 is 49.7. The summed E-state index contributed by atoms with van der Waals surface area (Å²) in [7, 11) is 1.58. The molecule has 154 valence electrons. The number of amides is 1. The Bertz CT molecular complexity index is 891. The summed E-state index contributed by atoms with van der Waals surface area (Å²) in [6.45, 7) is 0.936. The number of rotatable bonds is 4. The van der Waals surface area contributed by atoms with Crippen molar-refractivity contribution >= 4 is 11.9 Å². The van der Waals surface area contributed by atoms with Gasteiger partial charge in [0.05, 0.1) is 19.3 Å². The van der Waals surface area contributed by atoms with Gasteiger partial charge in [0.2, 0.25) is 11.9 Å². The van der Waals surface area contributed by atoms with E-state index in [1.165, 1.54) is 0 Å². The van der Waals surface area contributed by atoms with Crippen LogP contribution in [0.25, 0.3) is 0 Å².